The lowest BCUT2D eigenvalue weighted by Gasteiger charge is -2.28. The van der Waals surface area contributed by atoms with Gasteiger partial charge in [0, 0.05) is 55.7 Å². The Morgan fingerprint density at radius 1 is 0.449 bits per heavy atom. The molecule has 0 spiro atoms. The fraction of sp³-hybridized carbons (Fsp3) is 0.344. The minimum absolute atomic E-state index is 0.00450. The molecule has 89 heavy (non-hydrogen) atoms. The maximum Gasteiger partial charge on any atom is 0.326 e. The number of aliphatic imine (C=N–C) groups is 1. The number of nitrogens with zero attached hydrogens (tertiary/aromatic N) is 1. The van der Waals surface area contributed by atoms with Crippen molar-refractivity contribution >= 4 is 70.1 Å². The number of aliphatic carboxylic acids is 1. The topological polar surface area (TPSA) is 417 Å². The van der Waals surface area contributed by atoms with E-state index < -0.39 is 127 Å². The predicted molar refractivity (Wildman–Crippen MR) is 333 cm³/mol. The van der Waals surface area contributed by atoms with Gasteiger partial charge in [0.25, 0.3) is 0 Å². The van der Waals surface area contributed by atoms with Crippen LogP contribution in [0.5, 0.6) is 0 Å². The molecule has 0 saturated carbocycles. The van der Waals surface area contributed by atoms with Crippen molar-refractivity contribution in [3.05, 3.63) is 180 Å². The number of hydrogen-bond donors (Lipinski definition) is 15. The van der Waals surface area contributed by atoms with Crippen LogP contribution in [0.4, 0.5) is 0 Å². The van der Waals surface area contributed by atoms with E-state index in [4.69, 9.17) is 17.2 Å². The molecule has 6 rings (SSSR count). The Morgan fingerprint density at radius 2 is 0.798 bits per heavy atom. The number of para-hydroxylation sites is 1. The lowest BCUT2D eigenvalue weighted by molar-refractivity contribution is -0.143. The number of carbonyl (C=O) groups excluding carboxylic acids is 8. The minimum atomic E-state index is -1.61. The van der Waals surface area contributed by atoms with Gasteiger partial charge in [-0.3, -0.25) is 43.3 Å². The van der Waals surface area contributed by atoms with Gasteiger partial charge in [-0.15, -0.1) is 0 Å². The van der Waals surface area contributed by atoms with Gasteiger partial charge in [-0.2, -0.15) is 0 Å². The highest BCUT2D eigenvalue weighted by Gasteiger charge is 2.36. The van der Waals surface area contributed by atoms with Gasteiger partial charge < -0.3 is 80.0 Å². The zero-order valence-corrected chi connectivity index (χ0v) is 49.5. The number of H-pyrrole nitrogens is 1. The number of aliphatic hydroxyl groups excluding tert-OH is 2. The second-order valence-electron chi connectivity index (χ2n) is 21.7. The third-order valence-electron chi connectivity index (χ3n) is 14.6. The molecule has 0 aliphatic carbocycles. The molecule has 1 aromatic heterocycles. The summed E-state index contributed by atoms with van der Waals surface area (Å²) < 4.78 is 0. The molecule has 6 aromatic rings. The number of hydrogen-bond acceptors (Lipinski definition) is 13. The number of aromatic nitrogens is 1. The third kappa shape index (κ3) is 21.4. The van der Waals surface area contributed by atoms with Crippen molar-refractivity contribution in [1.82, 2.24) is 47.5 Å². The van der Waals surface area contributed by atoms with Crippen molar-refractivity contribution in [1.29, 1.82) is 0 Å². The summed E-state index contributed by atoms with van der Waals surface area (Å²) in [4.78, 5) is 134. The fourth-order valence-electron chi connectivity index (χ4n) is 9.70. The molecule has 18 N–H and O–H groups in total. The van der Waals surface area contributed by atoms with Crippen LogP contribution >= 0.6 is 0 Å². The number of nitrogens with two attached hydrogens (primary N) is 3. The number of carboxylic acids is 1. The van der Waals surface area contributed by atoms with Crippen molar-refractivity contribution < 1.29 is 58.5 Å². The highest BCUT2D eigenvalue weighted by molar-refractivity contribution is 5.99. The minimum Gasteiger partial charge on any atom is -0.480 e. The molecule has 5 aromatic carbocycles. The summed E-state index contributed by atoms with van der Waals surface area (Å²) in [5.74, 6) is -9.05. The molecule has 0 fully saturated rings. The van der Waals surface area contributed by atoms with Crippen LogP contribution < -0.4 is 59.7 Å². The summed E-state index contributed by atoms with van der Waals surface area (Å²) in [6, 6.07) is 28.9. The first-order valence-corrected chi connectivity index (χ1v) is 29.1. The van der Waals surface area contributed by atoms with Crippen molar-refractivity contribution in [3.63, 3.8) is 0 Å². The number of carbonyl (C=O) groups is 9. The molecule has 0 bridgehead atoms. The molecule has 0 unspecified atom stereocenters. The largest absolute Gasteiger partial charge is 0.480 e. The maximum absolute atomic E-state index is 15.1. The van der Waals surface area contributed by atoms with Crippen LogP contribution in [0.3, 0.4) is 0 Å². The summed E-state index contributed by atoms with van der Waals surface area (Å²) >= 11 is 0. The van der Waals surface area contributed by atoms with Gasteiger partial charge >= 0.3 is 5.97 Å². The molecule has 25 heteroatoms. The van der Waals surface area contributed by atoms with E-state index >= 15 is 9.59 Å². The van der Waals surface area contributed by atoms with Crippen LogP contribution in [-0.4, -0.2) is 154 Å². The van der Waals surface area contributed by atoms with Crippen LogP contribution in [-0.2, 0) is 75.3 Å². The average molecular weight is 1220 g/mol. The maximum atomic E-state index is 15.1. The quantitative estimate of drug-likeness (QED) is 0.0140. The number of rotatable bonds is 34. The van der Waals surface area contributed by atoms with Gasteiger partial charge in [-0.1, -0.05) is 153 Å². The van der Waals surface area contributed by atoms with E-state index in [2.05, 4.69) is 52.5 Å². The highest BCUT2D eigenvalue weighted by Crippen LogP contribution is 2.20. The monoisotopic (exact) mass is 1220 g/mol. The molecule has 9 atom stereocenters. The van der Waals surface area contributed by atoms with Gasteiger partial charge in [0.2, 0.25) is 47.3 Å². The molecule has 0 saturated heterocycles. The first-order valence-electron chi connectivity index (χ1n) is 29.1. The van der Waals surface area contributed by atoms with E-state index in [-0.39, 0.29) is 57.5 Å². The van der Waals surface area contributed by atoms with Crippen LogP contribution in [0, 0.1) is 5.92 Å². The van der Waals surface area contributed by atoms with Crippen LogP contribution in [0.2, 0.25) is 0 Å². The van der Waals surface area contributed by atoms with Gasteiger partial charge in [0.05, 0.1) is 13.2 Å². The molecule has 0 aliphatic rings. The molecule has 0 radical (unpaired) electrons. The van der Waals surface area contributed by atoms with Crippen molar-refractivity contribution in [2.75, 3.05) is 19.8 Å². The van der Waals surface area contributed by atoms with E-state index in [1.165, 1.54) is 0 Å². The number of aliphatic hydroxyl groups is 2. The number of benzene rings is 5. The zero-order chi connectivity index (χ0) is 64.4. The Labute approximate surface area is 514 Å². The molecule has 8 amide bonds. The predicted octanol–water partition coefficient (Wildman–Crippen LogP) is -0.334. The van der Waals surface area contributed by atoms with Gasteiger partial charge in [-0.05, 0) is 52.6 Å². The van der Waals surface area contributed by atoms with E-state index in [1.807, 2.05) is 18.2 Å². The first kappa shape index (κ1) is 68.1. The molecular weight excluding hydrogens is 1140 g/mol. The van der Waals surface area contributed by atoms with Crippen LogP contribution in [0.15, 0.2) is 157 Å². The summed E-state index contributed by atoms with van der Waals surface area (Å²) in [5, 5.41) is 51.6. The average Bonchev–Trinajstić information content (AvgIpc) is 2.20. The van der Waals surface area contributed by atoms with E-state index in [0.29, 0.717) is 27.8 Å². The summed E-state index contributed by atoms with van der Waals surface area (Å²) in [6.45, 7) is 1.59. The molecular formula is C64H79N13O12. The Hall–Kier alpha value is -9.98. The van der Waals surface area contributed by atoms with Crippen molar-refractivity contribution in [2.45, 2.75) is 113 Å². The second-order valence-corrected chi connectivity index (χ2v) is 21.7. The molecule has 25 nitrogen and oxygen atoms in total. The smallest absolute Gasteiger partial charge is 0.326 e. The summed E-state index contributed by atoms with van der Waals surface area (Å²) in [7, 11) is 0. The lowest BCUT2D eigenvalue weighted by Crippen LogP contribution is -2.61. The Morgan fingerprint density at radius 3 is 1.18 bits per heavy atom. The Balaban J connectivity index is 1.33. The highest BCUT2D eigenvalue weighted by atomic mass is 16.4. The molecule has 0 aliphatic heterocycles. The number of nitrogens with one attached hydrogen (secondary N) is 9. The normalized spacial score (nSPS) is 14.1. The first-order chi connectivity index (χ1) is 42.7. The fourth-order valence-corrected chi connectivity index (χ4v) is 9.70. The van der Waals surface area contributed by atoms with E-state index in [0.717, 1.165) is 10.9 Å². The Bertz CT molecular complexity index is 3350. The van der Waals surface area contributed by atoms with Crippen molar-refractivity contribution in [2.24, 2.45) is 28.1 Å². The molecule has 472 valence electrons. The number of amides is 8. The number of fused-ring (bicyclic) bond motifs is 1. The lowest BCUT2D eigenvalue weighted by atomic mass is 9.99. The Kier molecular flexibility index (Phi) is 26.3. The number of aromatic amines is 1. The summed E-state index contributed by atoms with van der Waals surface area (Å²) in [5.41, 5.74) is 20.6. The van der Waals surface area contributed by atoms with Crippen LogP contribution in [0.25, 0.3) is 10.9 Å². The number of guanidine groups is 1. The third-order valence-corrected chi connectivity index (χ3v) is 14.6. The summed E-state index contributed by atoms with van der Waals surface area (Å²) in [6.07, 6.45) is 1.04. The second kappa shape index (κ2) is 34.4. The van der Waals surface area contributed by atoms with E-state index in [1.54, 1.807) is 147 Å². The van der Waals surface area contributed by atoms with Crippen LogP contribution in [0.1, 0.15) is 54.5 Å². The van der Waals surface area contributed by atoms with Gasteiger partial charge in [0.1, 0.15) is 54.4 Å². The van der Waals surface area contributed by atoms with Gasteiger partial charge in [0.15, 0.2) is 5.96 Å². The molecule has 1 heterocycles. The van der Waals surface area contributed by atoms with Gasteiger partial charge in [-0.25, -0.2) is 4.79 Å². The number of carboxylic acid groups (broad SMARTS) is 1. The standard InChI is InChI=1S/C64H79N13O12/c1-38(2)54(63(88)89)77-61(86)51(33-42-24-13-6-14-25-42)73-60(85)52(34-43-35-69-46-27-16-15-26-44(43)46)75-59(84)49(31-40-20-9-4-10-21-40)71-56(81)47(28-17-29-68-64(66)67)70-57(82)48(30-39-18-7-3-8-19-39)72-58(83)50(32-41-22-11-5-12-23-41)74-62(87)53(37-79)76-55(80)45(65)36-78/h3-16,18-27,35,38,45,47-54,69,78-79H,17,28-34,36-37,65H2,1-2H3,(H,70,82)(H,71,81)(H,72,83)(H,73,85)(H,74,87)(H,75,84)(H,76,80)(H,77,86)(H,88,89)(H4,66,67,68)/t45-,47-,48-,49-,50-,51-,52-,53-,54-/m0/s1. The SMILES string of the molecule is CC(C)[C@H](NC(=O)[C@H](Cc1ccccc1)NC(=O)[C@H](Cc1c[nH]c2ccccc12)NC(=O)[C@H](Cc1ccccc1)NC(=O)[C@H](CCCN=C(N)N)NC(=O)[C@H](Cc1ccccc1)NC(=O)[C@H](Cc1ccccc1)NC(=O)[C@H](CO)NC(=O)[C@@H](N)CO)C(=O)O. The van der Waals surface area contributed by atoms with Crippen molar-refractivity contribution in [3.8, 4) is 0 Å². The van der Waals surface area contributed by atoms with E-state index in [9.17, 15) is 48.9 Å². The zero-order valence-electron chi connectivity index (χ0n) is 49.5.